The lowest BCUT2D eigenvalue weighted by atomic mass is 10.0. The summed E-state index contributed by atoms with van der Waals surface area (Å²) in [5.74, 6) is 0.738. The van der Waals surface area contributed by atoms with Gasteiger partial charge in [0, 0.05) is 4.83 Å². The van der Waals surface area contributed by atoms with Crippen molar-refractivity contribution in [3.63, 3.8) is 0 Å². The van der Waals surface area contributed by atoms with Crippen molar-refractivity contribution in [1.29, 1.82) is 0 Å². The highest BCUT2D eigenvalue weighted by molar-refractivity contribution is 9.09. The number of halogens is 1. The average Bonchev–Trinajstić information content (AvgIpc) is 2.17. The first-order chi connectivity index (χ1) is 7.09. The van der Waals surface area contributed by atoms with E-state index in [2.05, 4.69) is 61.0 Å². The maximum Gasteiger partial charge on any atom is 0.0168 e. The molecule has 0 saturated carbocycles. The van der Waals surface area contributed by atoms with Gasteiger partial charge in [-0.2, -0.15) is 0 Å². The molecule has 0 aromatic heterocycles. The molecule has 0 fully saturated rings. The number of alkyl halides is 1. The highest BCUT2D eigenvalue weighted by Gasteiger charge is 2.08. The fourth-order valence-electron chi connectivity index (χ4n) is 1.70. The van der Waals surface area contributed by atoms with Crippen molar-refractivity contribution >= 4 is 15.9 Å². The van der Waals surface area contributed by atoms with Crippen molar-refractivity contribution < 1.29 is 0 Å². The molecule has 84 valence electrons. The third kappa shape index (κ3) is 4.83. The van der Waals surface area contributed by atoms with Gasteiger partial charge in [0.2, 0.25) is 0 Å². The van der Waals surface area contributed by atoms with Crippen LogP contribution in [0.1, 0.15) is 37.8 Å². The Labute approximate surface area is 102 Å². The number of aryl methyl sites for hydroxylation is 2. The molecule has 0 heterocycles. The molecular weight excluding hydrogens is 248 g/mol. The molecular formula is C14H21Br. The largest absolute Gasteiger partial charge is 0.0888 e. The molecule has 0 spiro atoms. The number of benzene rings is 1. The predicted octanol–water partition coefficient (Wildman–Crippen LogP) is 4.74. The Kier molecular flexibility index (Phi) is 5.38. The number of hydrogen-bond donors (Lipinski definition) is 0. The SMILES string of the molecule is Cc1cccc(CCCC(Br)C(C)C)c1. The monoisotopic (exact) mass is 268 g/mol. The summed E-state index contributed by atoms with van der Waals surface area (Å²) in [7, 11) is 0. The quantitative estimate of drug-likeness (QED) is 0.677. The zero-order chi connectivity index (χ0) is 11.3. The van der Waals surface area contributed by atoms with Gasteiger partial charge in [-0.25, -0.2) is 0 Å². The molecule has 0 aliphatic rings. The maximum absolute atomic E-state index is 3.73. The molecule has 15 heavy (non-hydrogen) atoms. The molecule has 0 saturated heterocycles. The summed E-state index contributed by atoms with van der Waals surface area (Å²) in [6.45, 7) is 6.70. The third-order valence-corrected chi connectivity index (χ3v) is 4.27. The lowest BCUT2D eigenvalue weighted by Crippen LogP contribution is -2.07. The van der Waals surface area contributed by atoms with Crippen LogP contribution in [0, 0.1) is 12.8 Å². The Balaban J connectivity index is 2.32. The zero-order valence-electron chi connectivity index (χ0n) is 9.96. The van der Waals surface area contributed by atoms with Gasteiger partial charge in [0.15, 0.2) is 0 Å². The Morgan fingerprint density at radius 3 is 2.60 bits per heavy atom. The Bertz CT molecular complexity index is 291. The van der Waals surface area contributed by atoms with Crippen LogP contribution in [0.25, 0.3) is 0 Å². The summed E-state index contributed by atoms with van der Waals surface area (Å²) >= 11 is 3.73. The summed E-state index contributed by atoms with van der Waals surface area (Å²) in [6.07, 6.45) is 3.75. The van der Waals surface area contributed by atoms with Crippen molar-refractivity contribution in [2.75, 3.05) is 0 Å². The molecule has 0 bridgehead atoms. The summed E-state index contributed by atoms with van der Waals surface area (Å²) in [6, 6.07) is 8.83. The van der Waals surface area contributed by atoms with Crippen LogP contribution in [-0.4, -0.2) is 4.83 Å². The van der Waals surface area contributed by atoms with Crippen molar-refractivity contribution in [1.82, 2.24) is 0 Å². The number of hydrogen-bond acceptors (Lipinski definition) is 0. The van der Waals surface area contributed by atoms with E-state index in [1.807, 2.05) is 0 Å². The molecule has 0 aliphatic heterocycles. The maximum atomic E-state index is 3.73. The van der Waals surface area contributed by atoms with Crippen molar-refractivity contribution in [3.8, 4) is 0 Å². The van der Waals surface area contributed by atoms with E-state index in [9.17, 15) is 0 Å². The normalized spacial score (nSPS) is 13.1. The van der Waals surface area contributed by atoms with E-state index in [0.717, 1.165) is 5.92 Å². The van der Waals surface area contributed by atoms with Crippen LogP contribution in [0.15, 0.2) is 24.3 Å². The van der Waals surface area contributed by atoms with Crippen molar-refractivity contribution in [2.24, 2.45) is 5.92 Å². The molecule has 1 unspecified atom stereocenters. The first kappa shape index (κ1) is 12.8. The van der Waals surface area contributed by atoms with Gasteiger partial charge in [-0.3, -0.25) is 0 Å². The molecule has 0 nitrogen and oxygen atoms in total. The lowest BCUT2D eigenvalue weighted by Gasteiger charge is -2.13. The van der Waals surface area contributed by atoms with Crippen molar-refractivity contribution in [2.45, 2.75) is 44.9 Å². The van der Waals surface area contributed by atoms with Gasteiger partial charge >= 0.3 is 0 Å². The van der Waals surface area contributed by atoms with Gasteiger partial charge in [0.1, 0.15) is 0 Å². The van der Waals surface area contributed by atoms with E-state index in [0.29, 0.717) is 4.83 Å². The first-order valence-corrected chi connectivity index (χ1v) is 6.71. The zero-order valence-corrected chi connectivity index (χ0v) is 11.5. The van der Waals surface area contributed by atoms with Crippen molar-refractivity contribution in [3.05, 3.63) is 35.4 Å². The molecule has 1 atom stereocenters. The minimum Gasteiger partial charge on any atom is -0.0888 e. The standard InChI is InChI=1S/C14H21Br/c1-11(2)14(15)9-5-8-13-7-4-6-12(3)10-13/h4,6-7,10-11,14H,5,8-9H2,1-3H3. The highest BCUT2D eigenvalue weighted by Crippen LogP contribution is 2.19. The molecule has 1 aromatic carbocycles. The summed E-state index contributed by atoms with van der Waals surface area (Å²) < 4.78 is 0. The molecule has 0 N–H and O–H groups in total. The second-order valence-electron chi connectivity index (χ2n) is 4.64. The highest BCUT2D eigenvalue weighted by atomic mass is 79.9. The van der Waals surface area contributed by atoms with Crippen LogP contribution in [-0.2, 0) is 6.42 Å². The fourth-order valence-corrected chi connectivity index (χ4v) is 2.03. The van der Waals surface area contributed by atoms with Gasteiger partial charge < -0.3 is 0 Å². The van der Waals surface area contributed by atoms with Crippen LogP contribution in [0.3, 0.4) is 0 Å². The predicted molar refractivity (Wildman–Crippen MR) is 71.7 cm³/mol. The molecule has 1 heteroatoms. The molecule has 1 aromatic rings. The molecule has 0 radical (unpaired) electrons. The molecule has 0 amide bonds. The van der Waals surface area contributed by atoms with E-state index in [4.69, 9.17) is 0 Å². The summed E-state index contributed by atoms with van der Waals surface area (Å²) in [5.41, 5.74) is 2.84. The van der Waals surface area contributed by atoms with Gasteiger partial charge in [0.05, 0.1) is 0 Å². The van der Waals surface area contributed by atoms with E-state index >= 15 is 0 Å². The fraction of sp³-hybridized carbons (Fsp3) is 0.571. The van der Waals surface area contributed by atoms with Crippen LogP contribution in [0.5, 0.6) is 0 Å². The van der Waals surface area contributed by atoms with Crippen LogP contribution in [0.4, 0.5) is 0 Å². The van der Waals surface area contributed by atoms with E-state index in [1.54, 1.807) is 0 Å². The Hall–Kier alpha value is -0.300. The topological polar surface area (TPSA) is 0 Å². The Morgan fingerprint density at radius 2 is 2.00 bits per heavy atom. The average molecular weight is 269 g/mol. The van der Waals surface area contributed by atoms with E-state index in [1.165, 1.54) is 30.4 Å². The smallest absolute Gasteiger partial charge is 0.0168 e. The van der Waals surface area contributed by atoms with Gasteiger partial charge in [-0.1, -0.05) is 59.6 Å². The van der Waals surface area contributed by atoms with Gasteiger partial charge in [-0.15, -0.1) is 0 Å². The van der Waals surface area contributed by atoms with Gasteiger partial charge in [-0.05, 0) is 37.7 Å². The number of rotatable bonds is 5. The minimum atomic E-state index is 0.669. The van der Waals surface area contributed by atoms with Gasteiger partial charge in [0.25, 0.3) is 0 Å². The van der Waals surface area contributed by atoms with E-state index in [-0.39, 0.29) is 0 Å². The second-order valence-corrected chi connectivity index (χ2v) is 5.82. The molecule has 0 aliphatic carbocycles. The van der Waals surface area contributed by atoms with E-state index < -0.39 is 0 Å². The summed E-state index contributed by atoms with van der Waals surface area (Å²) in [5, 5.41) is 0. The first-order valence-electron chi connectivity index (χ1n) is 5.79. The Morgan fingerprint density at radius 1 is 1.27 bits per heavy atom. The minimum absolute atomic E-state index is 0.669. The molecule has 1 rings (SSSR count). The second kappa shape index (κ2) is 6.32. The lowest BCUT2D eigenvalue weighted by molar-refractivity contribution is 0.562. The summed E-state index contributed by atoms with van der Waals surface area (Å²) in [4.78, 5) is 0.669. The van der Waals surface area contributed by atoms with Crippen LogP contribution < -0.4 is 0 Å². The van der Waals surface area contributed by atoms with Crippen LogP contribution >= 0.6 is 15.9 Å². The van der Waals surface area contributed by atoms with Crippen LogP contribution in [0.2, 0.25) is 0 Å². The third-order valence-electron chi connectivity index (χ3n) is 2.75.